The first-order chi connectivity index (χ1) is 10.3. The summed E-state index contributed by atoms with van der Waals surface area (Å²) in [6.07, 6.45) is 0.641. The van der Waals surface area contributed by atoms with Gasteiger partial charge in [0.05, 0.1) is 12.2 Å². The van der Waals surface area contributed by atoms with Gasteiger partial charge in [0.2, 0.25) is 0 Å². The molecule has 0 bridgehead atoms. The molecule has 0 spiro atoms. The van der Waals surface area contributed by atoms with Gasteiger partial charge in [0.15, 0.2) is 0 Å². The molecule has 21 heavy (non-hydrogen) atoms. The molecule has 0 aliphatic carbocycles. The van der Waals surface area contributed by atoms with Gasteiger partial charge in [-0.2, -0.15) is 0 Å². The molecule has 0 aromatic heterocycles. The van der Waals surface area contributed by atoms with Crippen molar-refractivity contribution in [2.24, 2.45) is 0 Å². The summed E-state index contributed by atoms with van der Waals surface area (Å²) in [5.41, 5.74) is 0.918. The summed E-state index contributed by atoms with van der Waals surface area (Å²) < 4.78 is 11.1. The summed E-state index contributed by atoms with van der Waals surface area (Å²) in [4.78, 5) is 0. The second kappa shape index (κ2) is 7.93. The molecule has 0 fully saturated rings. The first-order valence-electron chi connectivity index (χ1n) is 6.98. The third-order valence-electron chi connectivity index (χ3n) is 3.05. The number of ether oxygens (including phenoxy) is 2. The van der Waals surface area contributed by atoms with E-state index >= 15 is 0 Å². The summed E-state index contributed by atoms with van der Waals surface area (Å²) in [6, 6.07) is 12.2. The third-order valence-corrected chi connectivity index (χ3v) is 3.24. The van der Waals surface area contributed by atoms with Gasteiger partial charge in [0.1, 0.15) is 11.9 Å². The molecule has 0 aliphatic rings. The maximum absolute atomic E-state index is 5.96. The van der Waals surface area contributed by atoms with Gasteiger partial charge in [-0.1, -0.05) is 42.2 Å². The van der Waals surface area contributed by atoms with E-state index in [1.807, 2.05) is 25.1 Å². The number of halogens is 1. The smallest absolute Gasteiger partial charge is 0.136 e. The van der Waals surface area contributed by atoms with Crippen molar-refractivity contribution >= 4 is 22.4 Å². The van der Waals surface area contributed by atoms with Crippen molar-refractivity contribution in [3.05, 3.63) is 42.0 Å². The fourth-order valence-electron chi connectivity index (χ4n) is 2.16. The average Bonchev–Trinajstić information content (AvgIpc) is 2.49. The largest absolute Gasteiger partial charge is 0.487 e. The van der Waals surface area contributed by atoms with Crippen LogP contribution in [0.1, 0.15) is 18.9 Å². The summed E-state index contributed by atoms with van der Waals surface area (Å²) in [5, 5.41) is 2.25. The quantitative estimate of drug-likeness (QED) is 0.608. The van der Waals surface area contributed by atoms with E-state index in [1.165, 1.54) is 0 Å². The number of methoxy groups -OCH3 is 1. The first-order valence-corrected chi connectivity index (χ1v) is 7.52. The van der Waals surface area contributed by atoms with Gasteiger partial charge < -0.3 is 9.47 Å². The van der Waals surface area contributed by atoms with E-state index in [0.717, 1.165) is 22.1 Å². The molecule has 0 heterocycles. The summed E-state index contributed by atoms with van der Waals surface area (Å²) in [6.45, 7) is 2.52. The van der Waals surface area contributed by atoms with Crippen molar-refractivity contribution in [1.82, 2.24) is 0 Å². The fourth-order valence-corrected chi connectivity index (χ4v) is 2.26. The molecular formula is C18H19ClO2. The van der Waals surface area contributed by atoms with Crippen molar-refractivity contribution < 1.29 is 9.47 Å². The maximum atomic E-state index is 5.96. The first kappa shape index (κ1) is 15.7. The van der Waals surface area contributed by atoms with E-state index in [9.17, 15) is 0 Å². The molecular weight excluding hydrogens is 284 g/mol. The lowest BCUT2D eigenvalue weighted by atomic mass is 10.0. The van der Waals surface area contributed by atoms with Crippen molar-refractivity contribution in [1.29, 1.82) is 0 Å². The summed E-state index contributed by atoms with van der Waals surface area (Å²) >= 11 is 5.70. The Labute approximate surface area is 131 Å². The second-order valence-corrected chi connectivity index (χ2v) is 5.16. The fraction of sp³-hybridized carbons (Fsp3) is 0.333. The lowest BCUT2D eigenvalue weighted by Gasteiger charge is -2.16. The maximum Gasteiger partial charge on any atom is 0.136 e. The SMILES string of the molecule is COCC(C)Oc1ccc2ccccc2c1C#CCCCl. The van der Waals surface area contributed by atoms with Crippen LogP contribution in [0.2, 0.25) is 0 Å². The highest BCUT2D eigenvalue weighted by atomic mass is 35.5. The monoisotopic (exact) mass is 302 g/mol. The predicted octanol–water partition coefficient (Wildman–Crippen LogP) is 4.23. The van der Waals surface area contributed by atoms with Crippen molar-refractivity contribution in [2.45, 2.75) is 19.4 Å². The van der Waals surface area contributed by atoms with Gasteiger partial charge in [-0.05, 0) is 18.4 Å². The molecule has 110 valence electrons. The zero-order chi connectivity index (χ0) is 15.1. The number of hydrogen-bond donors (Lipinski definition) is 0. The molecule has 1 unspecified atom stereocenters. The van der Waals surface area contributed by atoms with Crippen LogP contribution in [-0.4, -0.2) is 25.7 Å². The highest BCUT2D eigenvalue weighted by molar-refractivity contribution is 6.18. The van der Waals surface area contributed by atoms with E-state index in [0.29, 0.717) is 18.9 Å². The lowest BCUT2D eigenvalue weighted by molar-refractivity contribution is 0.0920. The van der Waals surface area contributed by atoms with E-state index in [2.05, 4.69) is 30.0 Å². The van der Waals surface area contributed by atoms with E-state index in [-0.39, 0.29) is 6.10 Å². The van der Waals surface area contributed by atoms with E-state index in [4.69, 9.17) is 21.1 Å². The highest BCUT2D eigenvalue weighted by Gasteiger charge is 2.10. The lowest BCUT2D eigenvalue weighted by Crippen LogP contribution is -2.18. The van der Waals surface area contributed by atoms with Crippen LogP contribution in [0.5, 0.6) is 5.75 Å². The van der Waals surface area contributed by atoms with Crippen LogP contribution in [0.3, 0.4) is 0 Å². The van der Waals surface area contributed by atoms with Crippen LogP contribution in [0.25, 0.3) is 10.8 Å². The molecule has 2 aromatic carbocycles. The molecule has 0 saturated carbocycles. The zero-order valence-corrected chi connectivity index (χ0v) is 13.1. The van der Waals surface area contributed by atoms with E-state index in [1.54, 1.807) is 7.11 Å². The van der Waals surface area contributed by atoms with Gasteiger partial charge in [-0.25, -0.2) is 0 Å². The van der Waals surface area contributed by atoms with Gasteiger partial charge in [0.25, 0.3) is 0 Å². The predicted molar refractivity (Wildman–Crippen MR) is 88.1 cm³/mol. The molecule has 0 N–H and O–H groups in total. The minimum absolute atomic E-state index is 0.0234. The Morgan fingerprint density at radius 3 is 2.76 bits per heavy atom. The van der Waals surface area contributed by atoms with Gasteiger partial charge in [-0.15, -0.1) is 11.6 Å². The van der Waals surface area contributed by atoms with Gasteiger partial charge in [0, 0.05) is 24.8 Å². The minimum atomic E-state index is -0.0234. The van der Waals surface area contributed by atoms with Crippen LogP contribution >= 0.6 is 11.6 Å². The highest BCUT2D eigenvalue weighted by Crippen LogP contribution is 2.28. The van der Waals surface area contributed by atoms with Crippen LogP contribution in [-0.2, 0) is 4.74 Å². The van der Waals surface area contributed by atoms with Crippen molar-refractivity contribution in [3.8, 4) is 17.6 Å². The van der Waals surface area contributed by atoms with Crippen LogP contribution in [0, 0.1) is 11.8 Å². The Hall–Kier alpha value is -1.69. The minimum Gasteiger partial charge on any atom is -0.487 e. The second-order valence-electron chi connectivity index (χ2n) is 4.78. The molecule has 1 atom stereocenters. The number of benzene rings is 2. The van der Waals surface area contributed by atoms with Crippen LogP contribution in [0.15, 0.2) is 36.4 Å². The van der Waals surface area contributed by atoms with Crippen molar-refractivity contribution in [2.75, 3.05) is 19.6 Å². The Morgan fingerprint density at radius 1 is 1.19 bits per heavy atom. The number of alkyl halides is 1. The molecule has 0 aliphatic heterocycles. The van der Waals surface area contributed by atoms with E-state index < -0.39 is 0 Å². The Balaban J connectivity index is 2.44. The molecule has 2 nitrogen and oxygen atoms in total. The molecule has 0 saturated heterocycles. The number of rotatable bonds is 5. The standard InChI is InChI=1S/C18H19ClO2/c1-14(13-20-2)21-18-11-10-15-7-3-4-8-16(15)17(18)9-5-6-12-19/h3-4,7-8,10-11,14H,6,12-13H2,1-2H3. The Kier molecular flexibility index (Phi) is 5.92. The van der Waals surface area contributed by atoms with Crippen molar-refractivity contribution in [3.63, 3.8) is 0 Å². The molecule has 0 amide bonds. The van der Waals surface area contributed by atoms with Crippen LogP contribution in [0.4, 0.5) is 0 Å². The third kappa shape index (κ3) is 4.14. The summed E-state index contributed by atoms with van der Waals surface area (Å²) in [5.74, 6) is 7.63. The molecule has 3 heteroatoms. The van der Waals surface area contributed by atoms with Crippen LogP contribution < -0.4 is 4.74 Å². The molecule has 2 rings (SSSR count). The van der Waals surface area contributed by atoms with Gasteiger partial charge in [-0.3, -0.25) is 0 Å². The van der Waals surface area contributed by atoms with Gasteiger partial charge >= 0.3 is 0 Å². The molecule has 0 radical (unpaired) electrons. The zero-order valence-electron chi connectivity index (χ0n) is 12.4. The summed E-state index contributed by atoms with van der Waals surface area (Å²) in [7, 11) is 1.67. The average molecular weight is 303 g/mol. The Morgan fingerprint density at radius 2 is 2.00 bits per heavy atom. The molecule has 2 aromatic rings. The number of fused-ring (bicyclic) bond motifs is 1. The Bertz CT molecular complexity index is 655. The number of hydrogen-bond acceptors (Lipinski definition) is 2. The topological polar surface area (TPSA) is 18.5 Å². The normalized spacial score (nSPS) is 11.8.